The van der Waals surface area contributed by atoms with E-state index >= 15 is 0 Å². The van der Waals surface area contributed by atoms with Gasteiger partial charge < -0.3 is 4.42 Å². The van der Waals surface area contributed by atoms with Crippen LogP contribution in [-0.4, -0.2) is 21.1 Å². The zero-order valence-corrected chi connectivity index (χ0v) is 13.1. The van der Waals surface area contributed by atoms with Crippen molar-refractivity contribution in [2.75, 3.05) is 0 Å². The first-order valence-corrected chi connectivity index (χ1v) is 7.25. The number of rotatable bonds is 3. The molecule has 0 aliphatic rings. The molecule has 0 atom stereocenters. The van der Waals surface area contributed by atoms with Crippen molar-refractivity contribution in [2.24, 2.45) is 5.10 Å². The molecule has 1 N–H and O–H groups in total. The number of H-pyrrole nitrogens is 1. The third-order valence-corrected chi connectivity index (χ3v) is 3.42. The first-order chi connectivity index (χ1) is 9.74. The summed E-state index contributed by atoms with van der Waals surface area (Å²) in [6, 6.07) is 13.4. The van der Waals surface area contributed by atoms with Crippen LogP contribution in [0.3, 0.4) is 0 Å². The number of hydrogen-bond donors (Lipinski definition) is 1. The molecule has 2 aromatic heterocycles. The molecule has 0 saturated carbocycles. The maximum atomic E-state index is 5.43. The standard InChI is InChI=1S/C13H9IN4OS/c14-11-7-6-10(19-11)8-15-18-12(16-17-13(18)20)9-4-2-1-3-5-9/h1-8H,(H,17,20). The van der Waals surface area contributed by atoms with Gasteiger partial charge in [-0.2, -0.15) is 14.9 Å². The summed E-state index contributed by atoms with van der Waals surface area (Å²) in [6.07, 6.45) is 1.61. The number of nitrogens with zero attached hydrogens (tertiary/aromatic N) is 3. The van der Waals surface area contributed by atoms with E-state index in [1.165, 1.54) is 0 Å². The largest absolute Gasteiger partial charge is 0.449 e. The summed E-state index contributed by atoms with van der Waals surface area (Å²) >= 11 is 7.29. The molecule has 0 aliphatic carbocycles. The Morgan fingerprint density at radius 1 is 1.25 bits per heavy atom. The summed E-state index contributed by atoms with van der Waals surface area (Å²) in [7, 11) is 0. The van der Waals surface area contributed by atoms with Crippen LogP contribution >= 0.6 is 34.8 Å². The molecule has 0 aliphatic heterocycles. The average molecular weight is 396 g/mol. The molecule has 0 spiro atoms. The highest BCUT2D eigenvalue weighted by Gasteiger charge is 2.07. The SMILES string of the molecule is S=c1[nH]nc(-c2ccccc2)n1N=Cc1ccc(I)o1. The molecule has 0 radical (unpaired) electrons. The van der Waals surface area contributed by atoms with Crippen LogP contribution in [-0.2, 0) is 0 Å². The maximum Gasteiger partial charge on any atom is 0.216 e. The lowest BCUT2D eigenvalue weighted by Gasteiger charge is -1.99. The third-order valence-electron chi connectivity index (χ3n) is 2.58. The number of halogens is 1. The second-order valence-electron chi connectivity index (χ2n) is 3.92. The number of hydrogen-bond acceptors (Lipinski definition) is 4. The van der Waals surface area contributed by atoms with Gasteiger partial charge in [0.2, 0.25) is 4.77 Å². The van der Waals surface area contributed by atoms with Crippen molar-refractivity contribution in [1.29, 1.82) is 0 Å². The van der Waals surface area contributed by atoms with E-state index in [9.17, 15) is 0 Å². The van der Waals surface area contributed by atoms with Gasteiger partial charge >= 0.3 is 0 Å². The van der Waals surface area contributed by atoms with Crippen molar-refractivity contribution < 1.29 is 4.42 Å². The van der Waals surface area contributed by atoms with E-state index < -0.39 is 0 Å². The molecule has 0 saturated heterocycles. The quantitative estimate of drug-likeness (QED) is 0.418. The predicted molar refractivity (Wildman–Crippen MR) is 87.3 cm³/mol. The van der Waals surface area contributed by atoms with Gasteiger partial charge in [-0.05, 0) is 46.9 Å². The van der Waals surface area contributed by atoms with Crippen LogP contribution in [0.2, 0.25) is 0 Å². The van der Waals surface area contributed by atoms with E-state index in [-0.39, 0.29) is 0 Å². The minimum absolute atomic E-state index is 0.432. The average Bonchev–Trinajstić information content (AvgIpc) is 3.04. The molecule has 0 unspecified atom stereocenters. The fourth-order valence-corrected chi connectivity index (χ4v) is 2.30. The van der Waals surface area contributed by atoms with E-state index in [0.717, 1.165) is 9.33 Å². The fraction of sp³-hybridized carbons (Fsp3) is 0. The van der Waals surface area contributed by atoms with Crippen LogP contribution in [0.25, 0.3) is 11.4 Å². The number of nitrogens with one attached hydrogen (secondary N) is 1. The van der Waals surface area contributed by atoms with Crippen molar-refractivity contribution in [2.45, 2.75) is 0 Å². The molecule has 20 heavy (non-hydrogen) atoms. The van der Waals surface area contributed by atoms with E-state index in [1.54, 1.807) is 10.9 Å². The minimum Gasteiger partial charge on any atom is -0.449 e. The second-order valence-corrected chi connectivity index (χ2v) is 5.37. The Morgan fingerprint density at radius 2 is 2.05 bits per heavy atom. The van der Waals surface area contributed by atoms with Gasteiger partial charge in [-0.25, -0.2) is 5.10 Å². The van der Waals surface area contributed by atoms with Gasteiger partial charge in [-0.15, -0.1) is 0 Å². The summed E-state index contributed by atoms with van der Waals surface area (Å²) in [5.74, 6) is 1.32. The lowest BCUT2D eigenvalue weighted by Crippen LogP contribution is -1.94. The second kappa shape index (κ2) is 5.71. The normalized spacial score (nSPS) is 11.2. The molecule has 2 heterocycles. The monoisotopic (exact) mass is 396 g/mol. The molecular weight excluding hydrogens is 387 g/mol. The van der Waals surface area contributed by atoms with E-state index in [2.05, 4.69) is 37.9 Å². The van der Waals surface area contributed by atoms with Crippen molar-refractivity contribution in [3.05, 3.63) is 56.8 Å². The van der Waals surface area contributed by atoms with Crippen LogP contribution in [0.4, 0.5) is 0 Å². The molecule has 100 valence electrons. The molecule has 5 nitrogen and oxygen atoms in total. The van der Waals surface area contributed by atoms with Crippen molar-refractivity contribution in [3.63, 3.8) is 0 Å². The highest BCUT2D eigenvalue weighted by atomic mass is 127. The molecular formula is C13H9IN4OS. The van der Waals surface area contributed by atoms with Gasteiger partial charge in [-0.1, -0.05) is 30.3 Å². The zero-order valence-electron chi connectivity index (χ0n) is 10.2. The molecule has 0 fully saturated rings. The van der Waals surface area contributed by atoms with Crippen LogP contribution in [0.5, 0.6) is 0 Å². The molecule has 0 amide bonds. The summed E-state index contributed by atoms with van der Waals surface area (Å²) in [4.78, 5) is 0. The first kappa shape index (κ1) is 13.3. The highest BCUT2D eigenvalue weighted by molar-refractivity contribution is 14.1. The van der Waals surface area contributed by atoms with E-state index in [1.807, 2.05) is 42.5 Å². The zero-order chi connectivity index (χ0) is 13.9. The van der Waals surface area contributed by atoms with Crippen molar-refractivity contribution >= 4 is 41.0 Å². The lowest BCUT2D eigenvalue weighted by atomic mass is 10.2. The van der Waals surface area contributed by atoms with Gasteiger partial charge in [-0.3, -0.25) is 0 Å². The van der Waals surface area contributed by atoms with Gasteiger partial charge in [0.15, 0.2) is 9.59 Å². The Labute approximate surface area is 133 Å². The molecule has 3 aromatic rings. The Kier molecular flexibility index (Phi) is 3.79. The van der Waals surface area contributed by atoms with Crippen LogP contribution in [0.15, 0.2) is 52.0 Å². The predicted octanol–water partition coefficient (Wildman–Crippen LogP) is 3.69. The van der Waals surface area contributed by atoms with E-state index in [0.29, 0.717) is 16.4 Å². The molecule has 7 heteroatoms. The topological polar surface area (TPSA) is 59.1 Å². The summed E-state index contributed by atoms with van der Waals surface area (Å²) < 4.78 is 8.24. The molecule has 3 rings (SSSR count). The van der Waals surface area contributed by atoms with Gasteiger partial charge in [0.1, 0.15) is 5.76 Å². The van der Waals surface area contributed by atoms with Crippen LogP contribution < -0.4 is 0 Å². The summed E-state index contributed by atoms with van der Waals surface area (Å²) in [6.45, 7) is 0. The Hall–Kier alpha value is -1.74. The number of furan rings is 1. The van der Waals surface area contributed by atoms with Crippen LogP contribution in [0.1, 0.15) is 5.76 Å². The highest BCUT2D eigenvalue weighted by Crippen LogP contribution is 2.16. The van der Waals surface area contributed by atoms with Crippen LogP contribution in [0, 0.1) is 8.54 Å². The van der Waals surface area contributed by atoms with E-state index in [4.69, 9.17) is 16.6 Å². The number of aromatic amines is 1. The third kappa shape index (κ3) is 2.73. The fourth-order valence-electron chi connectivity index (χ4n) is 1.69. The van der Waals surface area contributed by atoms with Gasteiger partial charge in [0.05, 0.1) is 6.21 Å². The Balaban J connectivity index is 2.00. The molecule has 0 bridgehead atoms. The lowest BCUT2D eigenvalue weighted by molar-refractivity contribution is 0.531. The summed E-state index contributed by atoms with van der Waals surface area (Å²) in [5.41, 5.74) is 0.936. The minimum atomic E-state index is 0.432. The van der Waals surface area contributed by atoms with Crippen molar-refractivity contribution in [1.82, 2.24) is 14.9 Å². The first-order valence-electron chi connectivity index (χ1n) is 5.76. The Morgan fingerprint density at radius 3 is 2.75 bits per heavy atom. The van der Waals surface area contributed by atoms with Gasteiger partial charge in [0.25, 0.3) is 0 Å². The van der Waals surface area contributed by atoms with Gasteiger partial charge in [0, 0.05) is 5.56 Å². The number of benzene rings is 1. The Bertz CT molecular complexity index is 803. The van der Waals surface area contributed by atoms with Crippen molar-refractivity contribution in [3.8, 4) is 11.4 Å². The molecule has 1 aromatic carbocycles. The number of aromatic nitrogens is 3. The maximum absolute atomic E-state index is 5.43. The summed E-state index contributed by atoms with van der Waals surface area (Å²) in [5, 5.41) is 11.3. The smallest absolute Gasteiger partial charge is 0.216 e.